The van der Waals surface area contributed by atoms with Crippen molar-refractivity contribution >= 4 is 5.90 Å². The summed E-state index contributed by atoms with van der Waals surface area (Å²) in [7, 11) is 0. The fraction of sp³-hybridized carbons (Fsp3) is 0.417. The van der Waals surface area contributed by atoms with E-state index in [0.29, 0.717) is 12.4 Å². The summed E-state index contributed by atoms with van der Waals surface area (Å²) in [5.74, 6) is -0.461. The van der Waals surface area contributed by atoms with Gasteiger partial charge in [0.2, 0.25) is 5.90 Å². The summed E-state index contributed by atoms with van der Waals surface area (Å²) in [6.07, 6.45) is -1.31. The minimum Gasteiger partial charge on any atom is -0.493 e. The third kappa shape index (κ3) is 3.42. The maximum absolute atomic E-state index is 13.1. The summed E-state index contributed by atoms with van der Waals surface area (Å²) in [5, 5.41) is 17.3. The Bertz CT molecular complexity index is 395. The first kappa shape index (κ1) is 13.4. The third-order valence-electron chi connectivity index (χ3n) is 2.11. The van der Waals surface area contributed by atoms with Gasteiger partial charge in [-0.1, -0.05) is 0 Å². The lowest BCUT2D eigenvalue weighted by Crippen LogP contribution is -2.16. The highest BCUT2D eigenvalue weighted by Crippen LogP contribution is 2.27. The van der Waals surface area contributed by atoms with Crippen LogP contribution in [0.2, 0.25) is 0 Å². The Hall–Kier alpha value is -1.62. The predicted octanol–water partition coefficient (Wildman–Crippen LogP) is 2.27. The lowest BCUT2D eigenvalue weighted by Gasteiger charge is -2.16. The van der Waals surface area contributed by atoms with Crippen molar-refractivity contribution in [2.45, 2.75) is 20.0 Å². The van der Waals surface area contributed by atoms with E-state index < -0.39 is 11.9 Å². The van der Waals surface area contributed by atoms with E-state index >= 15 is 0 Å². The van der Waals surface area contributed by atoms with Crippen molar-refractivity contribution in [3.05, 3.63) is 29.6 Å². The normalized spacial score (nSPS) is 12.0. The monoisotopic (exact) mass is 241 g/mol. The molecule has 0 fully saturated rings. The van der Waals surface area contributed by atoms with E-state index in [0.717, 1.165) is 6.07 Å². The van der Waals surface area contributed by atoms with Crippen LogP contribution in [0, 0.1) is 11.2 Å². The van der Waals surface area contributed by atoms with Gasteiger partial charge in [-0.25, -0.2) is 4.39 Å². The molecule has 2 N–H and O–H groups in total. The zero-order valence-corrected chi connectivity index (χ0v) is 9.87. The van der Waals surface area contributed by atoms with Crippen LogP contribution >= 0.6 is 0 Å². The van der Waals surface area contributed by atoms with Gasteiger partial charge in [-0.15, -0.1) is 0 Å². The second kappa shape index (κ2) is 6.20. The number of nitrogens with one attached hydrogen (secondary N) is 1. The van der Waals surface area contributed by atoms with Crippen LogP contribution in [0.4, 0.5) is 4.39 Å². The van der Waals surface area contributed by atoms with Crippen LogP contribution < -0.4 is 4.74 Å². The zero-order valence-electron chi connectivity index (χ0n) is 9.87. The number of aliphatic hydroxyl groups is 1. The minimum absolute atomic E-state index is 0.199. The molecule has 0 amide bonds. The molecule has 0 spiro atoms. The Morgan fingerprint density at radius 1 is 1.41 bits per heavy atom. The number of hydrogen-bond donors (Lipinski definition) is 2. The van der Waals surface area contributed by atoms with Gasteiger partial charge in [-0.3, -0.25) is 5.41 Å². The van der Waals surface area contributed by atoms with E-state index in [4.69, 9.17) is 14.9 Å². The van der Waals surface area contributed by atoms with Crippen LogP contribution in [0.5, 0.6) is 5.75 Å². The molecule has 0 saturated heterocycles. The van der Waals surface area contributed by atoms with Crippen LogP contribution in [0.15, 0.2) is 18.2 Å². The lowest BCUT2D eigenvalue weighted by atomic mass is 10.1. The molecule has 0 saturated carbocycles. The van der Waals surface area contributed by atoms with Crippen molar-refractivity contribution in [2.75, 3.05) is 13.2 Å². The fourth-order valence-electron chi connectivity index (χ4n) is 1.40. The average molecular weight is 241 g/mol. The molecule has 1 aromatic carbocycles. The number of halogens is 1. The molecule has 94 valence electrons. The molecule has 1 rings (SSSR count). The van der Waals surface area contributed by atoms with E-state index in [-0.39, 0.29) is 18.1 Å². The minimum atomic E-state index is -1.31. The molecule has 0 aliphatic heterocycles. The maximum Gasteiger partial charge on any atom is 0.215 e. The van der Waals surface area contributed by atoms with Crippen molar-refractivity contribution in [2.24, 2.45) is 0 Å². The van der Waals surface area contributed by atoms with Gasteiger partial charge in [0, 0.05) is 5.56 Å². The molecule has 1 unspecified atom stereocenters. The standard InChI is InChI=1S/C12H16FNO3/c1-3-16-10-6-5-8(13)7-9(10)11(15)12(14)17-4-2/h5-7,11,14-15H,3-4H2,1-2H3. The highest BCUT2D eigenvalue weighted by atomic mass is 19.1. The highest BCUT2D eigenvalue weighted by Gasteiger charge is 2.20. The number of ether oxygens (including phenoxy) is 2. The smallest absolute Gasteiger partial charge is 0.215 e. The number of aliphatic hydroxyl groups excluding tert-OH is 1. The van der Waals surface area contributed by atoms with Crippen LogP contribution in [-0.4, -0.2) is 24.2 Å². The summed E-state index contributed by atoms with van der Waals surface area (Å²) < 4.78 is 23.3. The van der Waals surface area contributed by atoms with E-state index in [2.05, 4.69) is 0 Å². The second-order valence-corrected chi connectivity index (χ2v) is 3.31. The Labute approximate surface area is 99.5 Å². The van der Waals surface area contributed by atoms with Crippen molar-refractivity contribution < 1.29 is 19.0 Å². The van der Waals surface area contributed by atoms with E-state index in [1.54, 1.807) is 13.8 Å². The SMILES string of the molecule is CCOC(=N)C(O)c1cc(F)ccc1OCC. The van der Waals surface area contributed by atoms with Gasteiger partial charge in [0.05, 0.1) is 13.2 Å². The van der Waals surface area contributed by atoms with Crippen molar-refractivity contribution in [1.29, 1.82) is 5.41 Å². The molecule has 0 bridgehead atoms. The van der Waals surface area contributed by atoms with Gasteiger partial charge in [-0.2, -0.15) is 0 Å². The number of hydrogen-bond acceptors (Lipinski definition) is 4. The average Bonchev–Trinajstić information content (AvgIpc) is 2.31. The van der Waals surface area contributed by atoms with E-state index in [9.17, 15) is 9.50 Å². The first-order chi connectivity index (χ1) is 8.10. The van der Waals surface area contributed by atoms with Gasteiger partial charge in [0.15, 0.2) is 6.10 Å². The first-order valence-corrected chi connectivity index (χ1v) is 5.41. The quantitative estimate of drug-likeness (QED) is 0.614. The second-order valence-electron chi connectivity index (χ2n) is 3.31. The summed E-state index contributed by atoms with van der Waals surface area (Å²) in [4.78, 5) is 0. The predicted molar refractivity (Wildman–Crippen MR) is 61.9 cm³/mol. The molecule has 0 aromatic heterocycles. The molecule has 5 heteroatoms. The Morgan fingerprint density at radius 2 is 2.12 bits per heavy atom. The van der Waals surface area contributed by atoms with Gasteiger partial charge in [-0.05, 0) is 32.0 Å². The Balaban J connectivity index is 3.01. The molecule has 1 aromatic rings. The molecule has 0 radical (unpaired) electrons. The molecular weight excluding hydrogens is 225 g/mol. The van der Waals surface area contributed by atoms with Crippen molar-refractivity contribution in [3.8, 4) is 5.75 Å². The summed E-state index contributed by atoms with van der Waals surface area (Å²) >= 11 is 0. The Morgan fingerprint density at radius 3 is 2.71 bits per heavy atom. The molecule has 4 nitrogen and oxygen atoms in total. The largest absolute Gasteiger partial charge is 0.493 e. The fourth-order valence-corrected chi connectivity index (χ4v) is 1.40. The maximum atomic E-state index is 13.1. The topological polar surface area (TPSA) is 62.5 Å². The zero-order chi connectivity index (χ0) is 12.8. The molecule has 0 aliphatic carbocycles. The van der Waals surface area contributed by atoms with Crippen molar-refractivity contribution in [3.63, 3.8) is 0 Å². The van der Waals surface area contributed by atoms with Crippen molar-refractivity contribution in [1.82, 2.24) is 0 Å². The first-order valence-electron chi connectivity index (χ1n) is 5.41. The van der Waals surface area contributed by atoms with Crippen LogP contribution in [0.1, 0.15) is 25.5 Å². The number of benzene rings is 1. The summed E-state index contributed by atoms with van der Waals surface area (Å²) in [6.45, 7) is 4.16. The van der Waals surface area contributed by atoms with E-state index in [1.807, 2.05) is 0 Å². The van der Waals surface area contributed by atoms with Crippen LogP contribution in [0.25, 0.3) is 0 Å². The molecular formula is C12H16FNO3. The Kier molecular flexibility index (Phi) is 4.90. The summed E-state index contributed by atoms with van der Waals surface area (Å²) in [6, 6.07) is 3.81. The van der Waals surface area contributed by atoms with E-state index in [1.165, 1.54) is 12.1 Å². The third-order valence-corrected chi connectivity index (χ3v) is 2.11. The van der Waals surface area contributed by atoms with Gasteiger partial charge >= 0.3 is 0 Å². The highest BCUT2D eigenvalue weighted by molar-refractivity contribution is 5.79. The van der Waals surface area contributed by atoms with Gasteiger partial charge in [0.25, 0.3) is 0 Å². The number of rotatable bonds is 5. The van der Waals surface area contributed by atoms with Crippen LogP contribution in [-0.2, 0) is 4.74 Å². The van der Waals surface area contributed by atoms with Gasteiger partial charge < -0.3 is 14.6 Å². The van der Waals surface area contributed by atoms with Gasteiger partial charge in [0.1, 0.15) is 11.6 Å². The molecule has 17 heavy (non-hydrogen) atoms. The molecule has 0 aliphatic rings. The molecule has 1 atom stereocenters. The summed E-state index contributed by atoms with van der Waals surface area (Å²) in [5.41, 5.74) is 0.199. The van der Waals surface area contributed by atoms with Crippen LogP contribution in [0.3, 0.4) is 0 Å². The molecule has 0 heterocycles. The lowest BCUT2D eigenvalue weighted by molar-refractivity contribution is 0.185.